The molecule has 3 nitrogen and oxygen atoms in total. The van der Waals surface area contributed by atoms with E-state index < -0.39 is 0 Å². The van der Waals surface area contributed by atoms with Crippen LogP contribution in [0.15, 0.2) is 53.4 Å². The maximum Gasteiger partial charge on any atom is 0.298 e. The van der Waals surface area contributed by atoms with Gasteiger partial charge in [0.2, 0.25) is 0 Å². The van der Waals surface area contributed by atoms with Crippen molar-refractivity contribution in [1.29, 1.82) is 0 Å². The number of benzene rings is 2. The molecule has 0 radical (unpaired) electrons. The minimum atomic E-state index is -0.297. The minimum absolute atomic E-state index is 0.283. The Morgan fingerprint density at radius 3 is 2.27 bits per heavy atom. The fraction of sp³-hybridized carbons (Fsp3) is 0.0588. The van der Waals surface area contributed by atoms with Crippen LogP contribution in [0.25, 0.3) is 6.08 Å². The first-order valence-electron chi connectivity index (χ1n) is 6.65. The predicted octanol–water partition coefficient (Wildman–Crippen LogP) is 4.89. The zero-order valence-electron chi connectivity index (χ0n) is 11.7. The van der Waals surface area contributed by atoms with Gasteiger partial charge in [-0.1, -0.05) is 41.4 Å². The Balaban J connectivity index is 1.91. The first-order valence-corrected chi connectivity index (χ1v) is 7.84. The highest BCUT2D eigenvalue weighted by molar-refractivity contribution is 8.19. The molecule has 1 fully saturated rings. The van der Waals surface area contributed by atoms with Gasteiger partial charge in [0, 0.05) is 5.02 Å². The zero-order chi connectivity index (χ0) is 15.7. The zero-order valence-corrected chi connectivity index (χ0v) is 13.3. The van der Waals surface area contributed by atoms with Crippen molar-refractivity contribution in [3.05, 3.63) is 69.6 Å². The second-order valence-electron chi connectivity index (χ2n) is 4.90. The van der Waals surface area contributed by atoms with E-state index in [-0.39, 0.29) is 11.1 Å². The number of hydrogen-bond donors (Lipinski definition) is 0. The molecule has 0 bridgehead atoms. The van der Waals surface area contributed by atoms with Crippen LogP contribution in [0.1, 0.15) is 11.1 Å². The highest BCUT2D eigenvalue weighted by Gasteiger charge is 2.36. The molecular weight excluding hydrogens is 318 g/mol. The molecule has 2 aromatic carbocycles. The molecule has 0 aliphatic carbocycles. The summed E-state index contributed by atoms with van der Waals surface area (Å²) in [6, 6.07) is 14.4. The predicted molar refractivity (Wildman–Crippen MR) is 91.1 cm³/mol. The Labute approximate surface area is 137 Å². The van der Waals surface area contributed by atoms with Crippen LogP contribution < -0.4 is 4.90 Å². The fourth-order valence-electron chi connectivity index (χ4n) is 2.09. The van der Waals surface area contributed by atoms with Crippen LogP contribution in [0.3, 0.4) is 0 Å². The summed E-state index contributed by atoms with van der Waals surface area (Å²) >= 11 is 6.79. The largest absolute Gasteiger partial charge is 0.298 e. The first-order chi connectivity index (χ1) is 10.5. The lowest BCUT2D eigenvalue weighted by Crippen LogP contribution is -2.27. The second kappa shape index (κ2) is 5.99. The molecule has 0 atom stereocenters. The van der Waals surface area contributed by atoms with Gasteiger partial charge in [0.25, 0.3) is 11.1 Å². The van der Waals surface area contributed by atoms with Gasteiger partial charge in [-0.3, -0.25) is 9.59 Å². The quantitative estimate of drug-likeness (QED) is 0.736. The number of carbonyl (C=O) groups excluding carboxylic acids is 2. The van der Waals surface area contributed by atoms with Crippen LogP contribution in [0, 0.1) is 6.92 Å². The van der Waals surface area contributed by atoms with Crippen molar-refractivity contribution in [2.24, 2.45) is 0 Å². The van der Waals surface area contributed by atoms with Crippen molar-refractivity contribution in [3.63, 3.8) is 0 Å². The molecular formula is C17H12ClNO2S. The van der Waals surface area contributed by atoms with Crippen LogP contribution in [0.2, 0.25) is 5.02 Å². The van der Waals surface area contributed by atoms with Crippen LogP contribution in [-0.4, -0.2) is 11.1 Å². The van der Waals surface area contributed by atoms with E-state index in [1.165, 1.54) is 4.90 Å². The summed E-state index contributed by atoms with van der Waals surface area (Å²) < 4.78 is 0. The van der Waals surface area contributed by atoms with Gasteiger partial charge in [0.1, 0.15) is 0 Å². The average molecular weight is 330 g/mol. The molecule has 0 aromatic heterocycles. The normalized spacial score (nSPS) is 16.6. The van der Waals surface area contributed by atoms with Crippen molar-refractivity contribution >= 4 is 46.3 Å². The Morgan fingerprint density at radius 1 is 1.00 bits per heavy atom. The molecule has 2 aromatic rings. The number of rotatable bonds is 2. The standard InChI is InChI=1S/C17H12ClNO2S/c1-11-2-8-14(9-3-11)19-16(20)15(22-17(19)21)10-12-4-6-13(18)7-5-12/h2-10H,1H3/b15-10-. The van der Waals surface area contributed by atoms with E-state index in [1.807, 2.05) is 31.2 Å². The molecule has 1 saturated heterocycles. The third-order valence-electron chi connectivity index (χ3n) is 3.25. The van der Waals surface area contributed by atoms with Crippen molar-refractivity contribution in [3.8, 4) is 0 Å². The third-order valence-corrected chi connectivity index (χ3v) is 4.38. The molecule has 0 spiro atoms. The summed E-state index contributed by atoms with van der Waals surface area (Å²) in [5.41, 5.74) is 2.50. The smallest absolute Gasteiger partial charge is 0.268 e. The number of hydrogen-bond acceptors (Lipinski definition) is 3. The van der Waals surface area contributed by atoms with Crippen molar-refractivity contribution in [2.45, 2.75) is 6.92 Å². The molecule has 1 heterocycles. The number of thioether (sulfide) groups is 1. The van der Waals surface area contributed by atoms with Crippen LogP contribution in [0.5, 0.6) is 0 Å². The molecule has 3 rings (SSSR count). The van der Waals surface area contributed by atoms with E-state index in [4.69, 9.17) is 11.6 Å². The fourth-order valence-corrected chi connectivity index (χ4v) is 3.06. The highest BCUT2D eigenvalue weighted by Crippen LogP contribution is 2.35. The van der Waals surface area contributed by atoms with Crippen LogP contribution >= 0.6 is 23.4 Å². The molecule has 0 unspecified atom stereocenters. The van der Waals surface area contributed by atoms with Crippen molar-refractivity contribution < 1.29 is 9.59 Å². The van der Waals surface area contributed by atoms with Crippen molar-refractivity contribution in [1.82, 2.24) is 0 Å². The van der Waals surface area contributed by atoms with Crippen LogP contribution in [0.4, 0.5) is 10.5 Å². The number of imide groups is 1. The Hall–Kier alpha value is -2.04. The Morgan fingerprint density at radius 2 is 1.64 bits per heavy atom. The minimum Gasteiger partial charge on any atom is -0.268 e. The highest BCUT2D eigenvalue weighted by atomic mass is 35.5. The number of halogens is 1. The summed E-state index contributed by atoms with van der Waals surface area (Å²) in [7, 11) is 0. The van der Waals surface area contributed by atoms with Gasteiger partial charge >= 0.3 is 0 Å². The number of carbonyl (C=O) groups is 2. The van der Waals surface area contributed by atoms with E-state index >= 15 is 0 Å². The molecule has 5 heteroatoms. The molecule has 22 heavy (non-hydrogen) atoms. The number of nitrogens with zero attached hydrogens (tertiary/aromatic N) is 1. The van der Waals surface area contributed by atoms with Gasteiger partial charge in [0.05, 0.1) is 10.6 Å². The molecule has 1 aliphatic rings. The Bertz CT molecular complexity index is 766. The molecule has 1 aliphatic heterocycles. The van der Waals surface area contributed by atoms with Gasteiger partial charge in [-0.2, -0.15) is 0 Å². The maximum absolute atomic E-state index is 12.5. The van der Waals surface area contributed by atoms with Crippen molar-refractivity contribution in [2.75, 3.05) is 4.90 Å². The SMILES string of the molecule is Cc1ccc(N2C(=O)S/C(=C\c3ccc(Cl)cc3)C2=O)cc1. The molecule has 0 N–H and O–H groups in total. The topological polar surface area (TPSA) is 37.4 Å². The number of aryl methyl sites for hydroxylation is 1. The summed E-state index contributed by atoms with van der Waals surface area (Å²) in [5, 5.41) is 0.346. The lowest BCUT2D eigenvalue weighted by atomic mass is 10.2. The molecule has 2 amide bonds. The van der Waals surface area contributed by atoms with Gasteiger partial charge < -0.3 is 0 Å². The monoisotopic (exact) mass is 329 g/mol. The lowest BCUT2D eigenvalue weighted by Gasteiger charge is -2.12. The van der Waals surface area contributed by atoms with E-state index in [1.54, 1.807) is 30.3 Å². The molecule has 110 valence electrons. The lowest BCUT2D eigenvalue weighted by molar-refractivity contribution is -0.113. The van der Waals surface area contributed by atoms with Crippen LogP contribution in [-0.2, 0) is 4.79 Å². The van der Waals surface area contributed by atoms with Gasteiger partial charge in [-0.15, -0.1) is 0 Å². The van der Waals surface area contributed by atoms with Gasteiger partial charge in [0.15, 0.2) is 0 Å². The number of anilines is 1. The number of amides is 2. The van der Waals surface area contributed by atoms with Gasteiger partial charge in [-0.05, 0) is 54.6 Å². The van der Waals surface area contributed by atoms with E-state index in [0.717, 1.165) is 22.9 Å². The third kappa shape index (κ3) is 2.93. The van der Waals surface area contributed by atoms with E-state index in [0.29, 0.717) is 15.6 Å². The van der Waals surface area contributed by atoms with E-state index in [2.05, 4.69) is 0 Å². The Kier molecular flexibility index (Phi) is 4.05. The van der Waals surface area contributed by atoms with E-state index in [9.17, 15) is 9.59 Å². The first kappa shape index (κ1) is 14.9. The summed E-state index contributed by atoms with van der Waals surface area (Å²) in [5.74, 6) is -0.297. The van der Waals surface area contributed by atoms with Gasteiger partial charge in [-0.25, -0.2) is 4.90 Å². The molecule has 0 saturated carbocycles. The summed E-state index contributed by atoms with van der Waals surface area (Å²) in [6.07, 6.45) is 1.70. The summed E-state index contributed by atoms with van der Waals surface area (Å²) in [6.45, 7) is 1.96. The average Bonchev–Trinajstić information content (AvgIpc) is 2.77. The maximum atomic E-state index is 12.5. The summed E-state index contributed by atoms with van der Waals surface area (Å²) in [4.78, 5) is 26.2. The second-order valence-corrected chi connectivity index (χ2v) is 6.33.